The van der Waals surface area contributed by atoms with E-state index in [0.717, 1.165) is 29.7 Å². The summed E-state index contributed by atoms with van der Waals surface area (Å²) < 4.78 is 18.7. The van der Waals surface area contributed by atoms with E-state index in [9.17, 15) is 14.0 Å². The summed E-state index contributed by atoms with van der Waals surface area (Å²) in [5.41, 5.74) is 2.60. The maximum absolute atomic E-state index is 13.5. The van der Waals surface area contributed by atoms with Gasteiger partial charge in [0.1, 0.15) is 11.9 Å². The van der Waals surface area contributed by atoms with Crippen molar-refractivity contribution in [2.45, 2.75) is 44.7 Å². The number of hydrogen-bond donors (Lipinski definition) is 0. The lowest BCUT2D eigenvalue weighted by Gasteiger charge is -2.34. The molecule has 0 bridgehead atoms. The number of hydrogen-bond acceptors (Lipinski definition) is 5. The number of nitrogens with zero attached hydrogens (tertiary/aromatic N) is 3. The molecule has 4 rings (SSSR count). The molecule has 2 aromatic carbocycles. The Morgan fingerprint density at radius 1 is 1.09 bits per heavy atom. The van der Waals surface area contributed by atoms with Gasteiger partial charge in [-0.1, -0.05) is 48.9 Å². The van der Waals surface area contributed by atoms with E-state index in [1.165, 1.54) is 17.1 Å². The van der Waals surface area contributed by atoms with Crippen LogP contribution in [0.2, 0.25) is 0 Å². The largest absolute Gasteiger partial charge is 0.465 e. The summed E-state index contributed by atoms with van der Waals surface area (Å²) in [6.45, 7) is 2.86. The Labute approximate surface area is 187 Å². The smallest absolute Gasteiger partial charge is 0.323 e. The van der Waals surface area contributed by atoms with Crippen LogP contribution in [0.25, 0.3) is 0 Å². The van der Waals surface area contributed by atoms with Crippen LogP contribution >= 0.6 is 0 Å². The minimum atomic E-state index is -0.405. The van der Waals surface area contributed by atoms with Gasteiger partial charge >= 0.3 is 5.97 Å². The third kappa shape index (κ3) is 4.88. The predicted molar refractivity (Wildman–Crippen MR) is 119 cm³/mol. The predicted octanol–water partition coefficient (Wildman–Crippen LogP) is 3.92. The summed E-state index contributed by atoms with van der Waals surface area (Å²) in [7, 11) is 0. The fraction of sp³-hybridized carbons (Fsp3) is 0.400. The van der Waals surface area contributed by atoms with E-state index in [1.807, 2.05) is 35.2 Å². The highest BCUT2D eigenvalue weighted by atomic mass is 19.1. The first-order valence-electron chi connectivity index (χ1n) is 11.2. The lowest BCUT2D eigenvalue weighted by Crippen LogP contribution is -2.49. The van der Waals surface area contributed by atoms with Gasteiger partial charge in [0, 0.05) is 6.42 Å². The number of hydrazone groups is 1. The number of carbonyl (C=O) groups excluding carboxylic acids is 2. The van der Waals surface area contributed by atoms with Gasteiger partial charge < -0.3 is 4.74 Å². The van der Waals surface area contributed by atoms with Gasteiger partial charge in [-0.15, -0.1) is 0 Å². The Balaban J connectivity index is 1.58. The van der Waals surface area contributed by atoms with Crippen LogP contribution in [0.4, 0.5) is 4.39 Å². The molecule has 168 valence electrons. The zero-order valence-corrected chi connectivity index (χ0v) is 18.2. The van der Waals surface area contributed by atoms with Crippen molar-refractivity contribution in [1.29, 1.82) is 0 Å². The maximum Gasteiger partial charge on any atom is 0.323 e. The molecule has 0 saturated carbocycles. The molecule has 6 nitrogen and oxygen atoms in total. The van der Waals surface area contributed by atoms with Crippen molar-refractivity contribution in [3.63, 3.8) is 0 Å². The molecule has 2 heterocycles. The number of benzene rings is 2. The summed E-state index contributed by atoms with van der Waals surface area (Å²) in [4.78, 5) is 27.7. The van der Waals surface area contributed by atoms with Crippen molar-refractivity contribution in [1.82, 2.24) is 9.91 Å². The zero-order valence-electron chi connectivity index (χ0n) is 18.2. The number of ether oxygens (including phenoxy) is 1. The van der Waals surface area contributed by atoms with Crippen LogP contribution in [0.1, 0.15) is 49.8 Å². The standard InChI is InChI=1S/C25H28FN3O3/c1-2-32-25(31)22-10-6-7-15-28(22)17-24(30)29-23(19-11-13-20(26)14-12-19)16-21(27-29)18-8-4-3-5-9-18/h3-5,8-9,11-14,22-23H,2,6-7,10,15-17H2,1H3/t22-,23-/m0/s1. The minimum absolute atomic E-state index is 0.0900. The summed E-state index contributed by atoms with van der Waals surface area (Å²) in [5, 5.41) is 6.18. The van der Waals surface area contributed by atoms with E-state index in [2.05, 4.69) is 5.10 Å². The summed E-state index contributed by atoms with van der Waals surface area (Å²) >= 11 is 0. The van der Waals surface area contributed by atoms with Gasteiger partial charge in [-0.25, -0.2) is 9.40 Å². The van der Waals surface area contributed by atoms with E-state index in [-0.39, 0.29) is 30.3 Å². The van der Waals surface area contributed by atoms with Crippen LogP contribution in [-0.4, -0.2) is 53.2 Å². The first-order valence-corrected chi connectivity index (χ1v) is 11.2. The first-order chi connectivity index (χ1) is 15.6. The van der Waals surface area contributed by atoms with Gasteiger partial charge in [-0.3, -0.25) is 14.5 Å². The highest BCUT2D eigenvalue weighted by molar-refractivity contribution is 6.03. The number of likely N-dealkylation sites (tertiary alicyclic amines) is 1. The number of piperidine rings is 1. The number of esters is 1. The second-order valence-corrected chi connectivity index (χ2v) is 8.16. The second kappa shape index (κ2) is 10.0. The quantitative estimate of drug-likeness (QED) is 0.643. The molecule has 0 N–H and O–H groups in total. The van der Waals surface area contributed by atoms with Crippen molar-refractivity contribution in [3.05, 3.63) is 71.5 Å². The Morgan fingerprint density at radius 2 is 1.84 bits per heavy atom. The molecule has 2 aromatic rings. The average molecular weight is 438 g/mol. The van der Waals surface area contributed by atoms with Crippen LogP contribution in [0.15, 0.2) is 59.7 Å². The van der Waals surface area contributed by atoms with E-state index in [1.54, 1.807) is 19.1 Å². The third-order valence-electron chi connectivity index (χ3n) is 6.04. The van der Waals surface area contributed by atoms with Gasteiger partial charge in [0.2, 0.25) is 0 Å². The molecule has 0 spiro atoms. The summed E-state index contributed by atoms with van der Waals surface area (Å²) in [5.74, 6) is -0.772. The Kier molecular flexibility index (Phi) is 6.95. The monoisotopic (exact) mass is 437 g/mol. The lowest BCUT2D eigenvalue weighted by atomic mass is 9.98. The second-order valence-electron chi connectivity index (χ2n) is 8.16. The van der Waals surface area contributed by atoms with Crippen molar-refractivity contribution in [3.8, 4) is 0 Å². The lowest BCUT2D eigenvalue weighted by molar-refractivity contribution is -0.152. The molecule has 0 radical (unpaired) electrons. The molecular formula is C25H28FN3O3. The Bertz CT molecular complexity index is 978. The average Bonchev–Trinajstić information content (AvgIpc) is 3.26. The zero-order chi connectivity index (χ0) is 22.5. The van der Waals surface area contributed by atoms with Gasteiger partial charge in [-0.2, -0.15) is 5.10 Å². The van der Waals surface area contributed by atoms with Crippen LogP contribution < -0.4 is 0 Å². The van der Waals surface area contributed by atoms with E-state index in [4.69, 9.17) is 4.74 Å². The number of carbonyl (C=O) groups is 2. The topological polar surface area (TPSA) is 62.2 Å². The minimum Gasteiger partial charge on any atom is -0.465 e. The molecule has 0 aliphatic carbocycles. The maximum atomic E-state index is 13.5. The number of halogens is 1. The molecule has 1 fully saturated rings. The van der Waals surface area contributed by atoms with Gasteiger partial charge in [-0.05, 0) is 49.6 Å². The van der Waals surface area contributed by atoms with Crippen molar-refractivity contribution in [2.24, 2.45) is 5.10 Å². The number of amides is 1. The highest BCUT2D eigenvalue weighted by Gasteiger charge is 2.37. The molecule has 2 aliphatic heterocycles. The molecule has 0 aromatic heterocycles. The normalized spacial score (nSPS) is 21.3. The van der Waals surface area contributed by atoms with Crippen LogP contribution in [0.5, 0.6) is 0 Å². The highest BCUT2D eigenvalue weighted by Crippen LogP contribution is 2.33. The molecule has 1 saturated heterocycles. The van der Waals surface area contributed by atoms with Gasteiger partial charge in [0.25, 0.3) is 5.91 Å². The summed E-state index contributed by atoms with van der Waals surface area (Å²) in [6, 6.07) is 15.2. The first kappa shape index (κ1) is 22.1. The third-order valence-corrected chi connectivity index (χ3v) is 6.04. The Morgan fingerprint density at radius 3 is 2.56 bits per heavy atom. The fourth-order valence-electron chi connectivity index (χ4n) is 4.42. The van der Waals surface area contributed by atoms with E-state index < -0.39 is 6.04 Å². The van der Waals surface area contributed by atoms with E-state index in [0.29, 0.717) is 26.0 Å². The van der Waals surface area contributed by atoms with Crippen LogP contribution in [0, 0.1) is 5.82 Å². The van der Waals surface area contributed by atoms with Crippen molar-refractivity contribution in [2.75, 3.05) is 19.7 Å². The van der Waals surface area contributed by atoms with Gasteiger partial charge in [0.15, 0.2) is 0 Å². The molecule has 1 amide bonds. The molecular weight excluding hydrogens is 409 g/mol. The molecule has 2 aliphatic rings. The molecule has 32 heavy (non-hydrogen) atoms. The summed E-state index contributed by atoms with van der Waals surface area (Å²) in [6.07, 6.45) is 3.10. The Hall–Kier alpha value is -3.06. The number of rotatable bonds is 6. The van der Waals surface area contributed by atoms with Crippen molar-refractivity contribution >= 4 is 17.6 Å². The fourth-order valence-corrected chi connectivity index (χ4v) is 4.42. The SMILES string of the molecule is CCOC(=O)[C@@H]1CCCCN1CC(=O)N1N=C(c2ccccc2)C[C@H]1c1ccc(F)cc1. The van der Waals surface area contributed by atoms with Crippen LogP contribution in [-0.2, 0) is 14.3 Å². The van der Waals surface area contributed by atoms with E-state index >= 15 is 0 Å². The molecule has 0 unspecified atom stereocenters. The van der Waals surface area contributed by atoms with Crippen LogP contribution in [0.3, 0.4) is 0 Å². The molecule has 2 atom stereocenters. The molecule has 7 heteroatoms. The van der Waals surface area contributed by atoms with Crippen molar-refractivity contribution < 1.29 is 18.7 Å². The van der Waals surface area contributed by atoms with Gasteiger partial charge in [0.05, 0.1) is 24.9 Å².